The maximum Gasteiger partial charge on any atom is 0.325 e. The number of esters is 1. The van der Waals surface area contributed by atoms with Gasteiger partial charge >= 0.3 is 5.97 Å². The van der Waals surface area contributed by atoms with Gasteiger partial charge in [-0.05, 0) is 27.6 Å². The second kappa shape index (κ2) is 9.07. The first-order valence-electron chi connectivity index (χ1n) is 7.75. The fourth-order valence-corrected chi connectivity index (χ4v) is 4.44. The van der Waals surface area contributed by atoms with E-state index in [-0.39, 0.29) is 25.5 Å². The summed E-state index contributed by atoms with van der Waals surface area (Å²) >= 11 is 6.50. The summed E-state index contributed by atoms with van der Waals surface area (Å²) in [6.45, 7) is 0.0435. The Labute approximate surface area is 167 Å². The first kappa shape index (κ1) is 18.8. The zero-order chi connectivity index (χ0) is 18.4. The molecule has 5 nitrogen and oxygen atoms in total. The van der Waals surface area contributed by atoms with E-state index in [0.717, 1.165) is 19.9 Å². The molecule has 0 aliphatic heterocycles. The zero-order valence-electron chi connectivity index (χ0n) is 13.6. The summed E-state index contributed by atoms with van der Waals surface area (Å²) in [5, 5.41) is 7.29. The van der Waals surface area contributed by atoms with Gasteiger partial charge in [-0.1, -0.05) is 30.3 Å². The van der Waals surface area contributed by atoms with E-state index in [2.05, 4.69) is 26.2 Å². The molecular formula is C18H15BrN2O3S2. The fourth-order valence-electron chi connectivity index (χ4n) is 2.11. The molecule has 1 aromatic carbocycles. The molecule has 0 spiro atoms. The van der Waals surface area contributed by atoms with Crippen molar-refractivity contribution in [3.05, 3.63) is 62.9 Å². The fraction of sp³-hybridized carbons (Fsp3) is 0.167. The van der Waals surface area contributed by atoms with E-state index < -0.39 is 5.97 Å². The highest BCUT2D eigenvalue weighted by molar-refractivity contribution is 9.10. The van der Waals surface area contributed by atoms with Crippen molar-refractivity contribution in [1.82, 2.24) is 10.3 Å². The van der Waals surface area contributed by atoms with Crippen LogP contribution >= 0.6 is 38.6 Å². The summed E-state index contributed by atoms with van der Waals surface area (Å²) in [4.78, 5) is 29.2. The molecule has 0 aliphatic rings. The van der Waals surface area contributed by atoms with Crippen LogP contribution in [0.2, 0.25) is 0 Å². The number of rotatable bonds is 7. The van der Waals surface area contributed by atoms with Crippen molar-refractivity contribution in [1.29, 1.82) is 0 Å². The number of benzene rings is 1. The van der Waals surface area contributed by atoms with Crippen LogP contribution in [0.15, 0.2) is 51.6 Å². The van der Waals surface area contributed by atoms with Gasteiger partial charge in [0.15, 0.2) is 0 Å². The Bertz CT molecular complexity index is 893. The van der Waals surface area contributed by atoms with Crippen molar-refractivity contribution in [2.24, 2.45) is 0 Å². The Hall–Kier alpha value is -2.03. The number of nitrogens with zero attached hydrogens (tertiary/aromatic N) is 1. The molecule has 1 N–H and O–H groups in total. The molecule has 1 amide bonds. The molecule has 26 heavy (non-hydrogen) atoms. The molecule has 0 radical (unpaired) electrons. The SMILES string of the molecule is O=C(Cc1csc(-c2cc(Br)cs2)n1)NCC(=O)OCc1ccccc1. The van der Waals surface area contributed by atoms with Gasteiger partial charge in [-0.15, -0.1) is 22.7 Å². The molecule has 0 bridgehead atoms. The van der Waals surface area contributed by atoms with Gasteiger partial charge in [-0.25, -0.2) is 4.98 Å². The molecule has 0 aliphatic carbocycles. The minimum atomic E-state index is -0.468. The first-order valence-corrected chi connectivity index (χ1v) is 10.3. The lowest BCUT2D eigenvalue weighted by Gasteiger charge is -2.06. The van der Waals surface area contributed by atoms with Gasteiger partial charge in [-0.3, -0.25) is 9.59 Å². The molecule has 0 unspecified atom stereocenters. The number of aromatic nitrogens is 1. The number of nitrogens with one attached hydrogen (secondary N) is 1. The Morgan fingerprint density at radius 1 is 1.15 bits per heavy atom. The van der Waals surface area contributed by atoms with Crippen molar-refractivity contribution >= 4 is 50.5 Å². The second-order valence-corrected chi connectivity index (χ2v) is 8.06. The van der Waals surface area contributed by atoms with E-state index in [9.17, 15) is 9.59 Å². The van der Waals surface area contributed by atoms with Crippen LogP contribution in [0.25, 0.3) is 9.88 Å². The minimum absolute atomic E-state index is 0.134. The summed E-state index contributed by atoms with van der Waals surface area (Å²) in [6, 6.07) is 11.4. The zero-order valence-corrected chi connectivity index (χ0v) is 16.8. The lowest BCUT2D eigenvalue weighted by Crippen LogP contribution is -2.31. The van der Waals surface area contributed by atoms with E-state index in [1.54, 1.807) is 11.3 Å². The first-order chi connectivity index (χ1) is 12.6. The van der Waals surface area contributed by atoms with Gasteiger partial charge in [0, 0.05) is 15.2 Å². The average molecular weight is 451 g/mol. The predicted molar refractivity (Wildman–Crippen MR) is 106 cm³/mol. The molecule has 2 aromatic heterocycles. The maximum absolute atomic E-state index is 12.0. The summed E-state index contributed by atoms with van der Waals surface area (Å²) in [6.07, 6.45) is 0.134. The largest absolute Gasteiger partial charge is 0.460 e. The van der Waals surface area contributed by atoms with Crippen LogP contribution in [0, 0.1) is 0 Å². The molecule has 134 valence electrons. The Balaban J connectivity index is 1.42. The lowest BCUT2D eigenvalue weighted by atomic mass is 10.2. The van der Waals surface area contributed by atoms with Crippen LogP contribution in [0.4, 0.5) is 0 Å². The molecule has 3 aromatic rings. The van der Waals surface area contributed by atoms with Crippen molar-refractivity contribution in [2.75, 3.05) is 6.54 Å². The molecular weight excluding hydrogens is 436 g/mol. The molecule has 2 heterocycles. The highest BCUT2D eigenvalue weighted by atomic mass is 79.9. The lowest BCUT2D eigenvalue weighted by molar-refractivity contribution is -0.145. The van der Waals surface area contributed by atoms with E-state index in [0.29, 0.717) is 5.69 Å². The standard InChI is InChI=1S/C18H15BrN2O3S2/c19-13-6-15(25-10-13)18-21-14(11-26-18)7-16(22)20-8-17(23)24-9-12-4-2-1-3-5-12/h1-6,10-11H,7-9H2,(H,20,22). The normalized spacial score (nSPS) is 10.5. The van der Waals surface area contributed by atoms with Gasteiger partial charge in [0.05, 0.1) is 17.0 Å². The average Bonchev–Trinajstić information content (AvgIpc) is 3.28. The number of hydrogen-bond donors (Lipinski definition) is 1. The molecule has 0 saturated carbocycles. The number of thiazole rings is 1. The molecule has 0 fully saturated rings. The quantitative estimate of drug-likeness (QED) is 0.551. The Morgan fingerprint density at radius 3 is 2.69 bits per heavy atom. The summed E-state index contributed by atoms with van der Waals surface area (Å²) in [5.74, 6) is -0.726. The summed E-state index contributed by atoms with van der Waals surface area (Å²) in [7, 11) is 0. The minimum Gasteiger partial charge on any atom is -0.460 e. The number of ether oxygens (including phenoxy) is 1. The molecule has 0 atom stereocenters. The van der Waals surface area contributed by atoms with Crippen LogP contribution in [-0.4, -0.2) is 23.4 Å². The third-order valence-electron chi connectivity index (χ3n) is 3.34. The maximum atomic E-state index is 12.0. The number of hydrogen-bond acceptors (Lipinski definition) is 6. The monoisotopic (exact) mass is 450 g/mol. The van der Waals surface area contributed by atoms with Crippen molar-refractivity contribution in [3.63, 3.8) is 0 Å². The third-order valence-corrected chi connectivity index (χ3v) is 6.10. The van der Waals surface area contributed by atoms with E-state index >= 15 is 0 Å². The van der Waals surface area contributed by atoms with E-state index in [4.69, 9.17) is 4.74 Å². The number of thiophene rings is 1. The molecule has 8 heteroatoms. The van der Waals surface area contributed by atoms with Crippen molar-refractivity contribution in [2.45, 2.75) is 13.0 Å². The second-order valence-electron chi connectivity index (χ2n) is 5.37. The summed E-state index contributed by atoms with van der Waals surface area (Å²) < 4.78 is 6.14. The summed E-state index contributed by atoms with van der Waals surface area (Å²) in [5.41, 5.74) is 1.59. The van der Waals surface area contributed by atoms with Crippen LogP contribution in [0.5, 0.6) is 0 Å². The van der Waals surface area contributed by atoms with Crippen LogP contribution < -0.4 is 5.32 Å². The number of carbonyl (C=O) groups excluding carboxylic acids is 2. The van der Waals surface area contributed by atoms with E-state index in [1.165, 1.54) is 11.3 Å². The van der Waals surface area contributed by atoms with Crippen molar-refractivity contribution in [3.8, 4) is 9.88 Å². The van der Waals surface area contributed by atoms with Gasteiger partial charge in [0.1, 0.15) is 18.2 Å². The number of halogens is 1. The topological polar surface area (TPSA) is 68.3 Å². The Morgan fingerprint density at radius 2 is 1.96 bits per heavy atom. The van der Waals surface area contributed by atoms with Crippen LogP contribution in [0.3, 0.4) is 0 Å². The molecule has 3 rings (SSSR count). The highest BCUT2D eigenvalue weighted by Gasteiger charge is 2.12. The van der Waals surface area contributed by atoms with Gasteiger partial charge in [0.2, 0.25) is 5.91 Å². The highest BCUT2D eigenvalue weighted by Crippen LogP contribution is 2.32. The van der Waals surface area contributed by atoms with Crippen LogP contribution in [0.1, 0.15) is 11.3 Å². The van der Waals surface area contributed by atoms with Gasteiger partial charge < -0.3 is 10.1 Å². The van der Waals surface area contributed by atoms with E-state index in [1.807, 2.05) is 47.2 Å². The van der Waals surface area contributed by atoms with Crippen molar-refractivity contribution < 1.29 is 14.3 Å². The van der Waals surface area contributed by atoms with Crippen LogP contribution in [-0.2, 0) is 27.4 Å². The third kappa shape index (κ3) is 5.48. The smallest absolute Gasteiger partial charge is 0.325 e. The van der Waals surface area contributed by atoms with Gasteiger partial charge in [0.25, 0.3) is 0 Å². The van der Waals surface area contributed by atoms with Gasteiger partial charge in [-0.2, -0.15) is 0 Å². The Kier molecular flexibility index (Phi) is 6.54. The predicted octanol–water partition coefficient (Wildman–Crippen LogP) is 4.04. The molecule has 0 saturated heterocycles. The number of carbonyl (C=O) groups is 2. The number of amides is 1.